The fourth-order valence-corrected chi connectivity index (χ4v) is 3.35. The molecule has 0 atom stereocenters. The van der Waals surface area contributed by atoms with Crippen molar-refractivity contribution in [3.8, 4) is 17.1 Å². The number of alkyl carbamates (subject to hydrolysis) is 1. The monoisotopic (exact) mass is 481 g/mol. The molecule has 1 N–H and O–H groups in total. The maximum atomic E-state index is 13.2. The van der Waals surface area contributed by atoms with Gasteiger partial charge in [0.15, 0.2) is 5.82 Å². The van der Waals surface area contributed by atoms with Gasteiger partial charge in [0, 0.05) is 37.8 Å². The number of anilines is 1. The van der Waals surface area contributed by atoms with Crippen molar-refractivity contribution in [1.29, 1.82) is 0 Å². The Balaban J connectivity index is 1.60. The van der Waals surface area contributed by atoms with Crippen molar-refractivity contribution in [3.05, 3.63) is 35.1 Å². The van der Waals surface area contributed by atoms with Crippen LogP contribution in [-0.2, 0) is 16.5 Å². The van der Waals surface area contributed by atoms with E-state index in [1.165, 1.54) is 0 Å². The van der Waals surface area contributed by atoms with Gasteiger partial charge in [-0.15, -0.1) is 5.10 Å². The van der Waals surface area contributed by atoms with Gasteiger partial charge in [-0.05, 0) is 39.0 Å². The molecule has 2 heterocycles. The standard InChI is InChI=1S/C22H29ClFN5O4/c1-22(2,3)33-21(30)25-13-15(12-24)14-32-16-5-6-17(18(23)11-16)19-26-20(28(4)27-19)29-7-9-31-10-8-29/h5-6,11-12H,7-10,13-14H2,1-4H3,(H,25,30)/b15-12+. The zero-order valence-electron chi connectivity index (χ0n) is 19.2. The minimum absolute atomic E-state index is 0.0423. The van der Waals surface area contributed by atoms with Crippen molar-refractivity contribution < 1.29 is 23.4 Å². The van der Waals surface area contributed by atoms with Gasteiger partial charge in [0.2, 0.25) is 5.95 Å². The van der Waals surface area contributed by atoms with Gasteiger partial charge in [-0.1, -0.05) is 11.6 Å². The number of hydrogen-bond donors (Lipinski definition) is 1. The number of aromatic nitrogens is 3. The summed E-state index contributed by atoms with van der Waals surface area (Å²) in [6.07, 6.45) is -0.230. The van der Waals surface area contributed by atoms with Crippen molar-refractivity contribution in [2.45, 2.75) is 26.4 Å². The smallest absolute Gasteiger partial charge is 0.407 e. The van der Waals surface area contributed by atoms with E-state index in [9.17, 15) is 9.18 Å². The lowest BCUT2D eigenvalue weighted by Crippen LogP contribution is -2.37. The van der Waals surface area contributed by atoms with E-state index in [0.29, 0.717) is 41.7 Å². The third kappa shape index (κ3) is 7.06. The first-order valence-electron chi connectivity index (χ1n) is 10.6. The summed E-state index contributed by atoms with van der Waals surface area (Å²) >= 11 is 6.46. The van der Waals surface area contributed by atoms with Gasteiger partial charge in [-0.3, -0.25) is 0 Å². The summed E-state index contributed by atoms with van der Waals surface area (Å²) in [6.45, 7) is 7.94. The van der Waals surface area contributed by atoms with Crippen LogP contribution in [-0.4, -0.2) is 65.9 Å². The van der Waals surface area contributed by atoms with Crippen molar-refractivity contribution in [2.75, 3.05) is 44.4 Å². The normalized spacial score (nSPS) is 14.8. The van der Waals surface area contributed by atoms with Crippen LogP contribution in [0.1, 0.15) is 20.8 Å². The molecule has 33 heavy (non-hydrogen) atoms. The second kappa shape index (κ2) is 10.8. The summed E-state index contributed by atoms with van der Waals surface area (Å²) in [5.74, 6) is 1.70. The number of carbonyl (C=O) groups excluding carboxylic acids is 1. The molecule has 0 aliphatic carbocycles. The molecule has 2 aromatic rings. The van der Waals surface area contributed by atoms with E-state index in [2.05, 4.69) is 20.3 Å². The van der Waals surface area contributed by atoms with Gasteiger partial charge in [0.05, 0.1) is 24.6 Å². The van der Waals surface area contributed by atoms with Gasteiger partial charge in [-0.2, -0.15) is 4.98 Å². The number of morpholine rings is 1. The molecule has 1 fully saturated rings. The molecule has 0 unspecified atom stereocenters. The van der Waals surface area contributed by atoms with E-state index < -0.39 is 11.7 Å². The van der Waals surface area contributed by atoms with Crippen LogP contribution in [0.25, 0.3) is 11.4 Å². The van der Waals surface area contributed by atoms with Gasteiger partial charge < -0.3 is 24.4 Å². The quantitative estimate of drug-likeness (QED) is 0.644. The molecule has 1 aliphatic rings. The molecule has 1 saturated heterocycles. The molecule has 0 spiro atoms. The topological polar surface area (TPSA) is 90.7 Å². The molecule has 180 valence electrons. The van der Waals surface area contributed by atoms with Crippen LogP contribution in [0.3, 0.4) is 0 Å². The van der Waals surface area contributed by atoms with E-state index >= 15 is 0 Å². The number of halogens is 2. The second-order valence-corrected chi connectivity index (χ2v) is 8.92. The molecule has 3 rings (SSSR count). The maximum Gasteiger partial charge on any atom is 0.407 e. The van der Waals surface area contributed by atoms with Crippen molar-refractivity contribution in [2.24, 2.45) is 7.05 Å². The van der Waals surface area contributed by atoms with E-state index in [1.807, 2.05) is 7.05 Å². The Bertz CT molecular complexity index is 999. The Morgan fingerprint density at radius 1 is 1.33 bits per heavy atom. The highest BCUT2D eigenvalue weighted by Crippen LogP contribution is 2.30. The summed E-state index contributed by atoms with van der Waals surface area (Å²) in [7, 11) is 1.84. The molecule has 1 aromatic carbocycles. The average Bonchev–Trinajstić information content (AvgIpc) is 3.14. The Hall–Kier alpha value is -2.85. The zero-order valence-corrected chi connectivity index (χ0v) is 20.0. The van der Waals surface area contributed by atoms with Crippen molar-refractivity contribution in [3.63, 3.8) is 0 Å². The molecule has 1 aromatic heterocycles. The molecule has 1 amide bonds. The number of nitrogens with one attached hydrogen (secondary N) is 1. The first kappa shape index (κ1) is 24.8. The summed E-state index contributed by atoms with van der Waals surface area (Å²) in [4.78, 5) is 18.5. The highest BCUT2D eigenvalue weighted by Gasteiger charge is 2.20. The minimum Gasteiger partial charge on any atom is -0.489 e. The van der Waals surface area contributed by atoms with E-state index in [-0.39, 0.29) is 18.7 Å². The number of carbonyl (C=O) groups is 1. The Kier molecular flexibility index (Phi) is 8.15. The molecule has 9 nitrogen and oxygen atoms in total. The predicted molar refractivity (Wildman–Crippen MR) is 123 cm³/mol. The average molecular weight is 482 g/mol. The second-order valence-electron chi connectivity index (χ2n) is 8.51. The largest absolute Gasteiger partial charge is 0.489 e. The first-order valence-corrected chi connectivity index (χ1v) is 11.0. The van der Waals surface area contributed by atoms with E-state index in [0.717, 1.165) is 19.0 Å². The number of aryl methyl sites for hydroxylation is 1. The van der Waals surface area contributed by atoms with Crippen LogP contribution >= 0.6 is 11.6 Å². The van der Waals surface area contributed by atoms with Gasteiger partial charge in [0.1, 0.15) is 18.0 Å². The van der Waals surface area contributed by atoms with Gasteiger partial charge in [0.25, 0.3) is 0 Å². The Labute approximate surface area is 197 Å². The summed E-state index contributed by atoms with van der Waals surface area (Å²) in [6, 6.07) is 5.09. The highest BCUT2D eigenvalue weighted by molar-refractivity contribution is 6.33. The van der Waals surface area contributed by atoms with E-state index in [4.69, 9.17) is 25.8 Å². The molecule has 0 bridgehead atoms. The summed E-state index contributed by atoms with van der Waals surface area (Å²) in [5, 5.41) is 7.39. The number of amides is 1. The number of ether oxygens (including phenoxy) is 3. The highest BCUT2D eigenvalue weighted by atomic mass is 35.5. The molecular formula is C22H29ClFN5O4. The maximum absolute atomic E-state index is 13.2. The number of rotatable bonds is 7. The third-order valence-electron chi connectivity index (χ3n) is 4.65. The van der Waals surface area contributed by atoms with Crippen molar-refractivity contribution >= 4 is 23.6 Å². The van der Waals surface area contributed by atoms with Crippen LogP contribution in [0.15, 0.2) is 30.1 Å². The molecule has 11 heteroatoms. The fourth-order valence-electron chi connectivity index (χ4n) is 3.09. The molecule has 0 saturated carbocycles. The minimum atomic E-state index is -0.635. The lowest BCUT2D eigenvalue weighted by atomic mass is 10.2. The summed E-state index contributed by atoms with van der Waals surface area (Å²) in [5.41, 5.74) is 0.263. The predicted octanol–water partition coefficient (Wildman–Crippen LogP) is 3.73. The third-order valence-corrected chi connectivity index (χ3v) is 4.97. The zero-order chi connectivity index (χ0) is 24.0. The summed E-state index contributed by atoms with van der Waals surface area (Å²) < 4.78 is 31.1. The SMILES string of the molecule is Cn1nc(-c2ccc(OC/C(=C/F)CNC(=O)OC(C)(C)C)cc2Cl)nc1N1CCOCC1. The van der Waals surface area contributed by atoms with Crippen LogP contribution in [0.5, 0.6) is 5.75 Å². The fraction of sp³-hybridized carbons (Fsp3) is 0.500. The van der Waals surface area contributed by atoms with Crippen LogP contribution in [0.4, 0.5) is 15.1 Å². The first-order chi connectivity index (χ1) is 15.7. The molecular weight excluding hydrogens is 453 g/mol. The number of nitrogens with zero attached hydrogens (tertiary/aromatic N) is 4. The van der Waals surface area contributed by atoms with Crippen LogP contribution in [0.2, 0.25) is 5.02 Å². The van der Waals surface area contributed by atoms with Gasteiger partial charge >= 0.3 is 6.09 Å². The van der Waals surface area contributed by atoms with Crippen LogP contribution < -0.4 is 15.0 Å². The van der Waals surface area contributed by atoms with E-state index in [1.54, 1.807) is 43.7 Å². The number of hydrogen-bond acceptors (Lipinski definition) is 7. The Morgan fingerprint density at radius 2 is 2.06 bits per heavy atom. The van der Waals surface area contributed by atoms with Crippen molar-refractivity contribution in [1.82, 2.24) is 20.1 Å². The molecule has 0 radical (unpaired) electrons. The molecule has 1 aliphatic heterocycles. The Morgan fingerprint density at radius 3 is 2.70 bits per heavy atom. The lowest BCUT2D eigenvalue weighted by Gasteiger charge is -2.26. The van der Waals surface area contributed by atoms with Crippen LogP contribution in [0, 0.1) is 0 Å². The lowest BCUT2D eigenvalue weighted by molar-refractivity contribution is 0.0531. The number of benzene rings is 1. The van der Waals surface area contributed by atoms with Gasteiger partial charge in [-0.25, -0.2) is 13.9 Å².